The number of ether oxygens (including phenoxy) is 1. The Kier molecular flexibility index (Phi) is 5.86. The average Bonchev–Trinajstić information content (AvgIpc) is 3.05. The molecule has 0 aliphatic heterocycles. The van der Waals surface area contributed by atoms with E-state index in [1.165, 1.54) is 33.4 Å². The molecule has 30 heavy (non-hydrogen) atoms. The predicted molar refractivity (Wildman–Crippen MR) is 120 cm³/mol. The van der Waals surface area contributed by atoms with Gasteiger partial charge < -0.3 is 10.1 Å². The molecule has 0 spiro atoms. The topological polar surface area (TPSA) is 38.3 Å². The maximum absolute atomic E-state index is 12.2. The van der Waals surface area contributed by atoms with E-state index in [1.54, 1.807) is 0 Å². The van der Waals surface area contributed by atoms with Gasteiger partial charge in [-0.3, -0.25) is 0 Å². The van der Waals surface area contributed by atoms with E-state index in [4.69, 9.17) is 4.74 Å². The van der Waals surface area contributed by atoms with E-state index in [9.17, 15) is 4.79 Å². The van der Waals surface area contributed by atoms with Crippen molar-refractivity contribution in [2.24, 2.45) is 0 Å². The minimum absolute atomic E-state index is 0.0764. The molecule has 0 aromatic heterocycles. The third-order valence-electron chi connectivity index (χ3n) is 5.32. The monoisotopic (exact) mass is 395 g/mol. The Bertz CT molecular complexity index is 1070. The van der Waals surface area contributed by atoms with E-state index in [-0.39, 0.29) is 5.92 Å². The maximum atomic E-state index is 12.2. The molecule has 1 aliphatic carbocycles. The van der Waals surface area contributed by atoms with E-state index >= 15 is 0 Å². The van der Waals surface area contributed by atoms with Gasteiger partial charge in [-0.1, -0.05) is 66.4 Å². The van der Waals surface area contributed by atoms with Crippen molar-refractivity contribution in [3.8, 4) is 23.0 Å². The second kappa shape index (κ2) is 8.88. The predicted octanol–water partition coefficient (Wildman–Crippen LogP) is 5.58. The van der Waals surface area contributed by atoms with Crippen LogP contribution >= 0.6 is 0 Å². The van der Waals surface area contributed by atoms with Crippen molar-refractivity contribution in [3.63, 3.8) is 0 Å². The van der Waals surface area contributed by atoms with Crippen molar-refractivity contribution < 1.29 is 9.53 Å². The van der Waals surface area contributed by atoms with Gasteiger partial charge in [0.15, 0.2) is 0 Å². The van der Waals surface area contributed by atoms with Crippen molar-refractivity contribution in [2.45, 2.75) is 26.2 Å². The Morgan fingerprint density at radius 3 is 2.17 bits per heavy atom. The van der Waals surface area contributed by atoms with Crippen LogP contribution in [0.2, 0.25) is 0 Å². The standard InChI is InChI=1S/C27H25NO2/c1-19-15-20(2)17-21(16-19)9-7-8-14-28-27(29)30-18-26-24-12-5-3-10-22(24)23-11-4-6-13-25(23)26/h3-6,10-13,15-17,26H,8,14,18H2,1-2H3,(H,28,29). The first kappa shape index (κ1) is 19.8. The Balaban J connectivity index is 1.29. The molecule has 1 N–H and O–H groups in total. The first-order chi connectivity index (χ1) is 14.6. The normalized spacial score (nSPS) is 11.8. The zero-order valence-electron chi connectivity index (χ0n) is 17.4. The molecule has 0 bridgehead atoms. The van der Waals surface area contributed by atoms with Gasteiger partial charge in [-0.05, 0) is 59.4 Å². The van der Waals surface area contributed by atoms with Crippen LogP contribution in [-0.2, 0) is 4.74 Å². The number of fused-ring (bicyclic) bond motifs is 3. The lowest BCUT2D eigenvalue weighted by Gasteiger charge is -2.14. The molecule has 3 aromatic rings. The van der Waals surface area contributed by atoms with Crippen LogP contribution < -0.4 is 5.32 Å². The van der Waals surface area contributed by atoms with Gasteiger partial charge in [0.05, 0.1) is 0 Å². The molecule has 1 aliphatic rings. The van der Waals surface area contributed by atoms with Crippen LogP contribution in [0.5, 0.6) is 0 Å². The Labute approximate surface area is 178 Å². The molecule has 1 amide bonds. The van der Waals surface area contributed by atoms with Crippen molar-refractivity contribution >= 4 is 6.09 Å². The second-order valence-corrected chi connectivity index (χ2v) is 7.68. The van der Waals surface area contributed by atoms with Gasteiger partial charge in [-0.15, -0.1) is 0 Å². The molecule has 0 fully saturated rings. The van der Waals surface area contributed by atoms with Gasteiger partial charge in [-0.25, -0.2) is 4.79 Å². The van der Waals surface area contributed by atoms with E-state index in [0.29, 0.717) is 19.6 Å². The van der Waals surface area contributed by atoms with Crippen molar-refractivity contribution in [1.82, 2.24) is 5.32 Å². The number of alkyl carbamates (subject to hydrolysis) is 1. The SMILES string of the molecule is Cc1cc(C)cc(C#CCCNC(=O)OCC2c3ccccc3-c3ccccc32)c1. The molecule has 150 valence electrons. The summed E-state index contributed by atoms with van der Waals surface area (Å²) in [5.74, 6) is 6.35. The fraction of sp³-hybridized carbons (Fsp3) is 0.222. The van der Waals surface area contributed by atoms with Crippen LogP contribution in [0, 0.1) is 25.7 Å². The third-order valence-corrected chi connectivity index (χ3v) is 5.32. The highest BCUT2D eigenvalue weighted by Gasteiger charge is 2.28. The highest BCUT2D eigenvalue weighted by Crippen LogP contribution is 2.44. The van der Waals surface area contributed by atoms with E-state index in [2.05, 4.69) is 73.5 Å². The molecule has 0 radical (unpaired) electrons. The number of amides is 1. The summed E-state index contributed by atoms with van der Waals surface area (Å²) in [5.41, 5.74) is 8.30. The van der Waals surface area contributed by atoms with Gasteiger partial charge in [0.25, 0.3) is 0 Å². The van der Waals surface area contributed by atoms with E-state index in [0.717, 1.165) is 5.56 Å². The van der Waals surface area contributed by atoms with Crippen molar-refractivity contribution in [1.29, 1.82) is 0 Å². The zero-order chi connectivity index (χ0) is 20.9. The van der Waals surface area contributed by atoms with Gasteiger partial charge in [0.2, 0.25) is 0 Å². The highest BCUT2D eigenvalue weighted by atomic mass is 16.5. The summed E-state index contributed by atoms with van der Waals surface area (Å²) in [7, 11) is 0. The summed E-state index contributed by atoms with van der Waals surface area (Å²) >= 11 is 0. The molecule has 3 aromatic carbocycles. The molecule has 0 heterocycles. The quantitative estimate of drug-likeness (QED) is 0.462. The first-order valence-corrected chi connectivity index (χ1v) is 10.3. The molecule has 3 heteroatoms. The number of hydrogen-bond donors (Lipinski definition) is 1. The molecule has 0 saturated heterocycles. The molecule has 0 saturated carbocycles. The second-order valence-electron chi connectivity index (χ2n) is 7.68. The Morgan fingerprint density at radius 2 is 1.53 bits per heavy atom. The number of carbonyl (C=O) groups excluding carboxylic acids is 1. The summed E-state index contributed by atoms with van der Waals surface area (Å²) in [6.07, 6.45) is 0.182. The smallest absolute Gasteiger partial charge is 0.407 e. The van der Waals surface area contributed by atoms with Crippen LogP contribution in [-0.4, -0.2) is 19.2 Å². The summed E-state index contributed by atoms with van der Waals surface area (Å²) in [6.45, 7) is 4.93. The third kappa shape index (κ3) is 4.39. The van der Waals surface area contributed by atoms with Crippen LogP contribution in [0.4, 0.5) is 4.79 Å². The van der Waals surface area contributed by atoms with Crippen molar-refractivity contribution in [3.05, 3.63) is 94.5 Å². The summed E-state index contributed by atoms with van der Waals surface area (Å²) < 4.78 is 5.54. The van der Waals surface area contributed by atoms with Gasteiger partial charge in [0.1, 0.15) is 6.61 Å². The van der Waals surface area contributed by atoms with Gasteiger partial charge >= 0.3 is 6.09 Å². The minimum atomic E-state index is -0.398. The van der Waals surface area contributed by atoms with E-state index in [1.807, 2.05) is 24.3 Å². The number of hydrogen-bond acceptors (Lipinski definition) is 2. The fourth-order valence-electron chi connectivity index (χ4n) is 4.09. The number of nitrogens with one attached hydrogen (secondary N) is 1. The molecule has 0 atom stereocenters. The number of rotatable bonds is 4. The molecule has 0 unspecified atom stereocenters. The summed E-state index contributed by atoms with van der Waals surface area (Å²) in [5, 5.41) is 2.80. The van der Waals surface area contributed by atoms with Gasteiger partial charge in [0, 0.05) is 24.4 Å². The fourth-order valence-corrected chi connectivity index (χ4v) is 4.09. The summed E-state index contributed by atoms with van der Waals surface area (Å²) in [4.78, 5) is 12.2. The summed E-state index contributed by atoms with van der Waals surface area (Å²) in [6, 6.07) is 22.9. The van der Waals surface area contributed by atoms with Gasteiger partial charge in [-0.2, -0.15) is 0 Å². The van der Waals surface area contributed by atoms with Crippen LogP contribution in [0.25, 0.3) is 11.1 Å². The highest BCUT2D eigenvalue weighted by molar-refractivity contribution is 5.79. The number of carbonyl (C=O) groups is 1. The van der Waals surface area contributed by atoms with Crippen LogP contribution in [0.15, 0.2) is 66.7 Å². The number of benzene rings is 3. The molecule has 3 nitrogen and oxygen atoms in total. The number of aryl methyl sites for hydroxylation is 2. The van der Waals surface area contributed by atoms with E-state index < -0.39 is 6.09 Å². The molecular weight excluding hydrogens is 370 g/mol. The minimum Gasteiger partial charge on any atom is -0.449 e. The molecular formula is C27H25NO2. The van der Waals surface area contributed by atoms with Crippen LogP contribution in [0.1, 0.15) is 40.2 Å². The lowest BCUT2D eigenvalue weighted by Crippen LogP contribution is -2.26. The largest absolute Gasteiger partial charge is 0.449 e. The van der Waals surface area contributed by atoms with Crippen molar-refractivity contribution in [2.75, 3.05) is 13.2 Å². The maximum Gasteiger partial charge on any atom is 0.407 e. The Morgan fingerprint density at radius 1 is 0.933 bits per heavy atom. The lowest BCUT2D eigenvalue weighted by atomic mass is 9.98. The average molecular weight is 396 g/mol. The Hall–Kier alpha value is -3.51. The lowest BCUT2D eigenvalue weighted by molar-refractivity contribution is 0.143. The first-order valence-electron chi connectivity index (χ1n) is 10.3. The zero-order valence-corrected chi connectivity index (χ0v) is 17.4. The van der Waals surface area contributed by atoms with Crippen LogP contribution in [0.3, 0.4) is 0 Å². The molecule has 4 rings (SSSR count).